The highest BCUT2D eigenvalue weighted by Crippen LogP contribution is 2.31. The Hall–Kier alpha value is -4.36. The third kappa shape index (κ3) is 4.04. The van der Waals surface area contributed by atoms with Gasteiger partial charge in [0.05, 0.1) is 23.9 Å². The van der Waals surface area contributed by atoms with E-state index in [1.807, 2.05) is 36.4 Å². The van der Waals surface area contributed by atoms with E-state index in [1.54, 1.807) is 36.4 Å². The van der Waals surface area contributed by atoms with E-state index in [4.69, 9.17) is 25.2 Å². The van der Waals surface area contributed by atoms with Crippen molar-refractivity contribution in [1.82, 2.24) is 5.43 Å². The molecule has 1 amide bonds. The second-order valence-electron chi connectivity index (χ2n) is 7.40. The number of amides is 1. The molecule has 0 unspecified atom stereocenters. The van der Waals surface area contributed by atoms with Crippen LogP contribution in [0.5, 0.6) is 0 Å². The van der Waals surface area contributed by atoms with Crippen LogP contribution >= 0.6 is 11.6 Å². The predicted octanol–water partition coefficient (Wildman–Crippen LogP) is 6.05. The third-order valence-electron chi connectivity index (χ3n) is 5.29. The number of furan rings is 2. The smallest absolute Gasteiger partial charge is 0.337 e. The SMILES string of the molecule is COC(=O)c1ccc(Cl)c(-c2ccc(/C=N\NC(=O)c3cc4c(ccc5ccccc54)o3)o2)c1. The second kappa shape index (κ2) is 8.88. The van der Waals surface area contributed by atoms with Crippen molar-refractivity contribution in [2.24, 2.45) is 5.10 Å². The molecule has 0 radical (unpaired) electrons. The lowest BCUT2D eigenvalue weighted by Gasteiger charge is -2.04. The molecule has 0 atom stereocenters. The number of fused-ring (bicyclic) bond motifs is 3. The highest BCUT2D eigenvalue weighted by Gasteiger charge is 2.15. The molecule has 7 nitrogen and oxygen atoms in total. The van der Waals surface area contributed by atoms with Crippen LogP contribution in [0.4, 0.5) is 0 Å². The number of carbonyl (C=O) groups is 2. The van der Waals surface area contributed by atoms with Crippen LogP contribution in [-0.2, 0) is 4.74 Å². The van der Waals surface area contributed by atoms with E-state index < -0.39 is 11.9 Å². The molecule has 0 bridgehead atoms. The van der Waals surface area contributed by atoms with Crippen LogP contribution in [0, 0.1) is 0 Å². The van der Waals surface area contributed by atoms with Gasteiger partial charge in [0.15, 0.2) is 5.76 Å². The summed E-state index contributed by atoms with van der Waals surface area (Å²) in [6, 6.07) is 21.5. The summed E-state index contributed by atoms with van der Waals surface area (Å²) in [5.41, 5.74) is 3.93. The van der Waals surface area contributed by atoms with E-state index >= 15 is 0 Å². The van der Waals surface area contributed by atoms with Crippen LogP contribution in [0.3, 0.4) is 0 Å². The minimum Gasteiger partial charge on any atom is -0.465 e. The maximum Gasteiger partial charge on any atom is 0.337 e. The van der Waals surface area contributed by atoms with Crippen molar-refractivity contribution in [1.29, 1.82) is 0 Å². The molecule has 0 fully saturated rings. The van der Waals surface area contributed by atoms with E-state index in [0.717, 1.165) is 16.2 Å². The summed E-state index contributed by atoms with van der Waals surface area (Å²) < 4.78 is 16.2. The summed E-state index contributed by atoms with van der Waals surface area (Å²) in [5, 5.41) is 7.29. The highest BCUT2D eigenvalue weighted by molar-refractivity contribution is 6.33. The number of hydrazone groups is 1. The number of nitrogens with one attached hydrogen (secondary N) is 1. The van der Waals surface area contributed by atoms with Crippen LogP contribution < -0.4 is 5.43 Å². The summed E-state index contributed by atoms with van der Waals surface area (Å²) in [5.74, 6) is -0.00198. The van der Waals surface area contributed by atoms with Gasteiger partial charge in [-0.15, -0.1) is 0 Å². The Morgan fingerprint density at radius 3 is 2.68 bits per heavy atom. The van der Waals surface area contributed by atoms with Gasteiger partial charge in [-0.25, -0.2) is 10.2 Å². The number of rotatable bonds is 5. The van der Waals surface area contributed by atoms with Gasteiger partial charge < -0.3 is 13.6 Å². The molecule has 2 heterocycles. The zero-order chi connectivity index (χ0) is 23.7. The molecule has 2 aromatic heterocycles. The fourth-order valence-electron chi connectivity index (χ4n) is 3.64. The Bertz CT molecular complexity index is 1580. The number of esters is 1. The molecule has 8 heteroatoms. The average molecular weight is 473 g/mol. The number of carbonyl (C=O) groups excluding carboxylic acids is 2. The minimum absolute atomic E-state index is 0.148. The zero-order valence-electron chi connectivity index (χ0n) is 17.9. The van der Waals surface area contributed by atoms with Crippen molar-refractivity contribution < 1.29 is 23.2 Å². The lowest BCUT2D eigenvalue weighted by molar-refractivity contribution is 0.0600. The maximum atomic E-state index is 12.5. The molecular formula is C26H17ClN2O5. The summed E-state index contributed by atoms with van der Waals surface area (Å²) in [4.78, 5) is 24.3. The van der Waals surface area contributed by atoms with Gasteiger partial charge in [-0.05, 0) is 53.2 Å². The van der Waals surface area contributed by atoms with Gasteiger partial charge >= 0.3 is 11.9 Å². The van der Waals surface area contributed by atoms with Crippen LogP contribution in [0.2, 0.25) is 5.02 Å². The van der Waals surface area contributed by atoms with E-state index in [-0.39, 0.29) is 5.76 Å². The van der Waals surface area contributed by atoms with Crippen molar-refractivity contribution in [3.05, 3.63) is 94.9 Å². The molecule has 0 saturated heterocycles. The van der Waals surface area contributed by atoms with Crippen molar-refractivity contribution in [3.8, 4) is 11.3 Å². The van der Waals surface area contributed by atoms with Crippen LogP contribution in [0.15, 0.2) is 86.7 Å². The molecule has 3 aromatic carbocycles. The van der Waals surface area contributed by atoms with Gasteiger partial charge in [-0.2, -0.15) is 5.10 Å². The quantitative estimate of drug-likeness (QED) is 0.191. The maximum absolute atomic E-state index is 12.5. The third-order valence-corrected chi connectivity index (χ3v) is 5.62. The molecular weight excluding hydrogens is 456 g/mol. The minimum atomic E-state index is -0.489. The number of ether oxygens (including phenoxy) is 1. The van der Waals surface area contributed by atoms with Gasteiger partial charge in [0.25, 0.3) is 0 Å². The molecule has 0 spiro atoms. The predicted molar refractivity (Wildman–Crippen MR) is 129 cm³/mol. The molecule has 5 aromatic rings. The fraction of sp³-hybridized carbons (Fsp3) is 0.0385. The standard InChI is InChI=1S/C26H17ClN2O5/c1-32-26(31)16-6-9-21(27)20(12-16)23-11-8-17(33-23)14-28-29-25(30)24-13-19-18-5-3-2-4-15(18)7-10-22(19)34-24/h2-14H,1H3,(H,29,30)/b28-14-. The summed E-state index contributed by atoms with van der Waals surface area (Å²) in [6.45, 7) is 0. The molecule has 168 valence electrons. The van der Waals surface area contributed by atoms with Crippen molar-refractivity contribution in [3.63, 3.8) is 0 Å². The Kier molecular flexibility index (Phi) is 5.61. The Labute approximate surface area is 198 Å². The van der Waals surface area contributed by atoms with Gasteiger partial charge in [-0.1, -0.05) is 41.9 Å². The van der Waals surface area contributed by atoms with Crippen LogP contribution in [0.25, 0.3) is 33.1 Å². The molecule has 34 heavy (non-hydrogen) atoms. The molecule has 5 rings (SSSR count). The van der Waals surface area contributed by atoms with Gasteiger partial charge in [-0.3, -0.25) is 4.79 Å². The van der Waals surface area contributed by atoms with Gasteiger partial charge in [0, 0.05) is 10.9 Å². The Balaban J connectivity index is 1.32. The number of hydrogen-bond acceptors (Lipinski definition) is 6. The average Bonchev–Trinajstić information content (AvgIpc) is 3.51. The molecule has 0 aliphatic rings. The number of hydrogen-bond donors (Lipinski definition) is 1. The van der Waals surface area contributed by atoms with Crippen LogP contribution in [-0.4, -0.2) is 25.2 Å². The van der Waals surface area contributed by atoms with Crippen molar-refractivity contribution in [2.45, 2.75) is 0 Å². The summed E-state index contributed by atoms with van der Waals surface area (Å²) in [7, 11) is 1.31. The monoisotopic (exact) mass is 472 g/mol. The van der Waals surface area contributed by atoms with E-state index in [0.29, 0.717) is 33.3 Å². The Morgan fingerprint density at radius 2 is 1.82 bits per heavy atom. The Morgan fingerprint density at radius 1 is 0.971 bits per heavy atom. The van der Waals surface area contributed by atoms with E-state index in [2.05, 4.69) is 10.5 Å². The molecule has 0 aliphatic carbocycles. The first-order chi connectivity index (χ1) is 16.5. The molecule has 1 N–H and O–H groups in total. The first-order valence-electron chi connectivity index (χ1n) is 10.3. The van der Waals surface area contributed by atoms with Crippen LogP contribution in [0.1, 0.15) is 26.7 Å². The van der Waals surface area contributed by atoms with Gasteiger partial charge in [0.2, 0.25) is 0 Å². The van der Waals surface area contributed by atoms with Gasteiger partial charge in [0.1, 0.15) is 17.1 Å². The first-order valence-corrected chi connectivity index (χ1v) is 10.6. The summed E-state index contributed by atoms with van der Waals surface area (Å²) >= 11 is 6.26. The highest BCUT2D eigenvalue weighted by atomic mass is 35.5. The fourth-order valence-corrected chi connectivity index (χ4v) is 3.85. The number of methoxy groups -OCH3 is 1. The first kappa shape index (κ1) is 21.5. The zero-order valence-corrected chi connectivity index (χ0v) is 18.6. The number of nitrogens with zero attached hydrogens (tertiary/aromatic N) is 1. The lowest BCUT2D eigenvalue weighted by atomic mass is 10.1. The molecule has 0 aliphatic heterocycles. The summed E-state index contributed by atoms with van der Waals surface area (Å²) in [6.07, 6.45) is 1.36. The van der Waals surface area contributed by atoms with Crippen molar-refractivity contribution in [2.75, 3.05) is 7.11 Å². The lowest BCUT2D eigenvalue weighted by Crippen LogP contribution is -2.16. The van der Waals surface area contributed by atoms with E-state index in [9.17, 15) is 9.59 Å². The largest absolute Gasteiger partial charge is 0.465 e. The van der Waals surface area contributed by atoms with Crippen molar-refractivity contribution >= 4 is 51.4 Å². The number of benzene rings is 3. The molecule has 0 saturated carbocycles. The normalized spacial score (nSPS) is 11.4. The topological polar surface area (TPSA) is 94.0 Å². The van der Waals surface area contributed by atoms with E-state index in [1.165, 1.54) is 13.3 Å². The second-order valence-corrected chi connectivity index (χ2v) is 7.80. The number of halogens is 1.